The van der Waals surface area contributed by atoms with Crippen molar-refractivity contribution >= 4 is 44.6 Å². The third-order valence-corrected chi connectivity index (χ3v) is 6.49. The number of ketones is 1. The van der Waals surface area contributed by atoms with Gasteiger partial charge in [-0.3, -0.25) is 14.5 Å². The molecular weight excluding hydrogens is 464 g/mol. The van der Waals surface area contributed by atoms with E-state index in [2.05, 4.69) is 20.9 Å². The normalized spacial score (nSPS) is 15.7. The summed E-state index contributed by atoms with van der Waals surface area (Å²) in [5.41, 5.74) is 2.97. The van der Waals surface area contributed by atoms with Gasteiger partial charge in [0.05, 0.1) is 22.9 Å². The van der Waals surface area contributed by atoms with Crippen LogP contribution in [0.1, 0.15) is 33.6 Å². The zero-order valence-corrected chi connectivity index (χ0v) is 19.3. The summed E-state index contributed by atoms with van der Waals surface area (Å²) in [5, 5.41) is 0.987. The molecule has 0 bridgehead atoms. The Hall–Kier alpha value is -2.51. The van der Waals surface area contributed by atoms with Crippen LogP contribution in [0.25, 0.3) is 11.3 Å². The smallest absolute Gasteiger partial charge is 0.268 e. The predicted octanol–water partition coefficient (Wildman–Crippen LogP) is 5.58. The van der Waals surface area contributed by atoms with E-state index in [4.69, 9.17) is 4.74 Å². The number of aryl methyl sites for hydroxylation is 2. The molecule has 0 radical (unpaired) electrons. The summed E-state index contributed by atoms with van der Waals surface area (Å²) in [7, 11) is 0. The van der Waals surface area contributed by atoms with E-state index in [9.17, 15) is 9.59 Å². The van der Waals surface area contributed by atoms with Crippen molar-refractivity contribution in [3.05, 3.63) is 62.4 Å². The lowest BCUT2D eigenvalue weighted by Crippen LogP contribution is -2.47. The Labute approximate surface area is 187 Å². The average Bonchev–Trinajstić information content (AvgIpc) is 3.07. The fraction of sp³-hybridized carbons (Fsp3) is 0.261. The van der Waals surface area contributed by atoms with E-state index >= 15 is 0 Å². The monoisotopic (exact) mass is 484 g/mol. The highest BCUT2D eigenvalue weighted by Crippen LogP contribution is 2.39. The van der Waals surface area contributed by atoms with E-state index in [1.165, 1.54) is 0 Å². The van der Waals surface area contributed by atoms with Gasteiger partial charge in [0.2, 0.25) is 0 Å². The number of hydrogen-bond acceptors (Lipinski definition) is 5. The molecule has 0 aliphatic carbocycles. The summed E-state index contributed by atoms with van der Waals surface area (Å²) in [4.78, 5) is 33.3. The molecule has 1 unspecified atom stereocenters. The number of fused-ring (bicyclic) bond motifs is 1. The van der Waals surface area contributed by atoms with Gasteiger partial charge < -0.3 is 4.74 Å². The minimum Gasteiger partial charge on any atom is -0.478 e. The second kappa shape index (κ2) is 8.32. The van der Waals surface area contributed by atoms with Gasteiger partial charge in [-0.15, -0.1) is 11.3 Å². The van der Waals surface area contributed by atoms with Crippen LogP contribution in [0.4, 0.5) is 5.69 Å². The molecule has 30 heavy (non-hydrogen) atoms. The van der Waals surface area contributed by atoms with E-state index in [1.807, 2.05) is 51.1 Å². The number of halogens is 1. The van der Waals surface area contributed by atoms with E-state index in [-0.39, 0.29) is 18.2 Å². The number of amides is 1. The molecule has 0 saturated heterocycles. The molecule has 0 spiro atoms. The topological polar surface area (TPSA) is 59.5 Å². The summed E-state index contributed by atoms with van der Waals surface area (Å²) in [6, 6.07) is 12.9. The summed E-state index contributed by atoms with van der Waals surface area (Å²) in [6.07, 6.45) is -0.0581. The van der Waals surface area contributed by atoms with Gasteiger partial charge in [0, 0.05) is 20.5 Å². The van der Waals surface area contributed by atoms with Crippen molar-refractivity contribution in [2.24, 2.45) is 0 Å². The summed E-state index contributed by atoms with van der Waals surface area (Å²) in [6.45, 7) is 5.87. The van der Waals surface area contributed by atoms with E-state index < -0.39 is 6.10 Å². The number of Topliss-reactive ketones (excluding diaryl/α,β-unsaturated/α-hetero) is 1. The number of thiazole rings is 1. The van der Waals surface area contributed by atoms with Crippen LogP contribution in [0.3, 0.4) is 0 Å². The SMILES string of the molecule is CCC1Oc2ccc(-c3nc(C)sc3C)cc2N(CC(=O)c2ccc(Br)cc2)C1=O. The van der Waals surface area contributed by atoms with Gasteiger partial charge in [0.15, 0.2) is 11.9 Å². The van der Waals surface area contributed by atoms with E-state index in [0.717, 1.165) is 25.6 Å². The number of rotatable bonds is 5. The van der Waals surface area contributed by atoms with E-state index in [0.29, 0.717) is 23.4 Å². The van der Waals surface area contributed by atoms with Crippen molar-refractivity contribution in [1.82, 2.24) is 4.98 Å². The Bertz CT molecular complexity index is 1120. The lowest BCUT2D eigenvalue weighted by molar-refractivity contribution is -0.126. The first kappa shape index (κ1) is 20.8. The number of carbonyl (C=O) groups is 2. The largest absolute Gasteiger partial charge is 0.478 e. The van der Waals surface area contributed by atoms with Crippen molar-refractivity contribution in [3.8, 4) is 17.0 Å². The number of ether oxygens (including phenoxy) is 1. The van der Waals surface area contributed by atoms with Gasteiger partial charge in [0.1, 0.15) is 5.75 Å². The molecule has 1 atom stereocenters. The van der Waals surface area contributed by atoms with Crippen LogP contribution >= 0.6 is 27.3 Å². The molecule has 1 aromatic heterocycles. The summed E-state index contributed by atoms with van der Waals surface area (Å²) < 4.78 is 6.83. The number of benzene rings is 2. The number of nitrogens with zero attached hydrogens (tertiary/aromatic N) is 2. The number of hydrogen-bond donors (Lipinski definition) is 0. The summed E-state index contributed by atoms with van der Waals surface area (Å²) >= 11 is 5.02. The number of carbonyl (C=O) groups excluding carboxylic acids is 2. The third kappa shape index (κ3) is 3.91. The first-order chi connectivity index (χ1) is 14.4. The maximum absolute atomic E-state index is 13.1. The highest BCUT2D eigenvalue weighted by atomic mass is 79.9. The molecule has 1 aliphatic heterocycles. The minimum absolute atomic E-state index is 0.0359. The molecule has 7 heteroatoms. The standard InChI is InChI=1S/C23H21BrN2O3S/c1-4-20-23(28)26(12-19(27)15-5-8-17(24)9-6-15)18-11-16(7-10-21(18)29-20)22-13(2)30-14(3)25-22/h5-11,20H,4,12H2,1-3H3. The maximum Gasteiger partial charge on any atom is 0.268 e. The zero-order valence-electron chi connectivity index (χ0n) is 16.9. The highest BCUT2D eigenvalue weighted by Gasteiger charge is 2.35. The molecule has 0 N–H and O–H groups in total. The van der Waals surface area contributed by atoms with Crippen LogP contribution in [0.15, 0.2) is 46.9 Å². The summed E-state index contributed by atoms with van der Waals surface area (Å²) in [5.74, 6) is 0.293. The number of anilines is 1. The Morgan fingerprint density at radius 1 is 1.20 bits per heavy atom. The molecule has 154 valence electrons. The quantitative estimate of drug-likeness (QED) is 0.443. The van der Waals surface area contributed by atoms with Crippen molar-refractivity contribution in [1.29, 1.82) is 0 Å². The molecule has 0 fully saturated rings. The first-order valence-corrected chi connectivity index (χ1v) is 11.3. The Balaban J connectivity index is 1.73. The van der Waals surface area contributed by atoms with Gasteiger partial charge in [-0.1, -0.05) is 35.0 Å². The van der Waals surface area contributed by atoms with Gasteiger partial charge >= 0.3 is 0 Å². The van der Waals surface area contributed by atoms with Crippen LogP contribution in [0.2, 0.25) is 0 Å². The van der Waals surface area contributed by atoms with Crippen LogP contribution in [0, 0.1) is 13.8 Å². The fourth-order valence-corrected chi connectivity index (χ4v) is 4.66. The zero-order chi connectivity index (χ0) is 21.4. The second-order valence-electron chi connectivity index (χ2n) is 7.19. The van der Waals surface area contributed by atoms with E-state index in [1.54, 1.807) is 28.4 Å². The van der Waals surface area contributed by atoms with Gasteiger partial charge in [-0.25, -0.2) is 4.98 Å². The second-order valence-corrected chi connectivity index (χ2v) is 9.51. The fourth-order valence-electron chi connectivity index (χ4n) is 3.56. The molecule has 4 rings (SSSR count). The molecular formula is C23H21BrN2O3S. The van der Waals surface area contributed by atoms with Gasteiger partial charge in [-0.2, -0.15) is 0 Å². The molecule has 5 nitrogen and oxygen atoms in total. The van der Waals surface area contributed by atoms with Crippen molar-refractivity contribution in [2.75, 3.05) is 11.4 Å². The molecule has 0 saturated carbocycles. The number of aromatic nitrogens is 1. The van der Waals surface area contributed by atoms with Crippen molar-refractivity contribution in [3.63, 3.8) is 0 Å². The highest BCUT2D eigenvalue weighted by molar-refractivity contribution is 9.10. The average molecular weight is 485 g/mol. The third-order valence-electron chi connectivity index (χ3n) is 5.08. The van der Waals surface area contributed by atoms with Crippen LogP contribution in [-0.2, 0) is 4.79 Å². The Kier molecular flexibility index (Phi) is 5.75. The lowest BCUT2D eigenvalue weighted by atomic mass is 10.0. The minimum atomic E-state index is -0.593. The van der Waals surface area contributed by atoms with Crippen molar-refractivity contribution < 1.29 is 14.3 Å². The predicted molar refractivity (Wildman–Crippen MR) is 123 cm³/mol. The van der Waals surface area contributed by atoms with Gasteiger partial charge in [0.25, 0.3) is 5.91 Å². The molecule has 2 aromatic carbocycles. The van der Waals surface area contributed by atoms with Crippen LogP contribution in [0.5, 0.6) is 5.75 Å². The molecule has 1 aliphatic rings. The Morgan fingerprint density at radius 3 is 2.57 bits per heavy atom. The van der Waals surface area contributed by atoms with Crippen LogP contribution in [-0.4, -0.2) is 29.3 Å². The first-order valence-electron chi connectivity index (χ1n) is 9.72. The molecule has 3 aromatic rings. The Morgan fingerprint density at radius 2 is 1.93 bits per heavy atom. The molecule has 2 heterocycles. The molecule has 1 amide bonds. The van der Waals surface area contributed by atoms with Gasteiger partial charge in [-0.05, 0) is 50.6 Å². The van der Waals surface area contributed by atoms with Crippen LogP contribution < -0.4 is 9.64 Å². The maximum atomic E-state index is 13.1. The van der Waals surface area contributed by atoms with Crippen molar-refractivity contribution in [2.45, 2.75) is 33.3 Å². The lowest BCUT2D eigenvalue weighted by Gasteiger charge is -2.34.